The molecule has 1 aliphatic rings. The smallest absolute Gasteiger partial charge is 0.337 e. The van der Waals surface area contributed by atoms with Gasteiger partial charge in [0.1, 0.15) is 0 Å². The summed E-state index contributed by atoms with van der Waals surface area (Å²) in [5, 5.41) is 3.53. The molecule has 0 bridgehead atoms. The molecule has 0 atom stereocenters. The van der Waals surface area contributed by atoms with Gasteiger partial charge in [0.2, 0.25) is 0 Å². The minimum absolute atomic E-state index is 0.304. The summed E-state index contributed by atoms with van der Waals surface area (Å²) < 4.78 is 5.67. The first kappa shape index (κ1) is 16.5. The second-order valence-electron chi connectivity index (χ2n) is 5.68. The van der Waals surface area contributed by atoms with Crippen LogP contribution in [-0.4, -0.2) is 44.7 Å². The van der Waals surface area contributed by atoms with Crippen molar-refractivity contribution in [3.8, 4) is 0 Å². The van der Waals surface area contributed by atoms with E-state index in [4.69, 9.17) is 4.74 Å². The maximum absolute atomic E-state index is 11.5. The van der Waals surface area contributed by atoms with Gasteiger partial charge in [-0.1, -0.05) is 22.0 Å². The van der Waals surface area contributed by atoms with Gasteiger partial charge in [0, 0.05) is 11.0 Å². The molecule has 0 amide bonds. The van der Waals surface area contributed by atoms with Gasteiger partial charge in [-0.15, -0.1) is 0 Å². The monoisotopic (exact) mass is 354 g/mol. The Labute approximate surface area is 135 Å². The highest BCUT2D eigenvalue weighted by atomic mass is 79.9. The van der Waals surface area contributed by atoms with Crippen LogP contribution in [0.4, 0.5) is 0 Å². The summed E-state index contributed by atoms with van der Waals surface area (Å²) in [4.78, 5) is 13.8. The number of hydrogen-bond donors (Lipinski definition) is 1. The van der Waals surface area contributed by atoms with Gasteiger partial charge in [0.15, 0.2) is 0 Å². The number of esters is 1. The molecule has 2 rings (SSSR count). The van der Waals surface area contributed by atoms with Crippen LogP contribution >= 0.6 is 15.9 Å². The van der Waals surface area contributed by atoms with E-state index >= 15 is 0 Å². The van der Waals surface area contributed by atoms with E-state index in [9.17, 15) is 4.79 Å². The highest BCUT2D eigenvalue weighted by Crippen LogP contribution is 2.20. The van der Waals surface area contributed by atoms with Crippen LogP contribution in [0.3, 0.4) is 0 Å². The Morgan fingerprint density at radius 1 is 1.43 bits per heavy atom. The number of carbonyl (C=O) groups is 1. The molecule has 116 valence electrons. The first-order valence-corrected chi connectivity index (χ1v) is 8.15. The van der Waals surface area contributed by atoms with Crippen LogP contribution in [0.1, 0.15) is 28.8 Å². The van der Waals surface area contributed by atoms with E-state index in [0.717, 1.165) is 29.0 Å². The fraction of sp³-hybridized carbons (Fsp3) is 0.562. The second kappa shape index (κ2) is 7.92. The molecule has 1 aromatic rings. The molecule has 1 aromatic carbocycles. The van der Waals surface area contributed by atoms with Crippen molar-refractivity contribution < 1.29 is 9.53 Å². The molecule has 0 unspecified atom stereocenters. The maximum atomic E-state index is 11.5. The molecule has 21 heavy (non-hydrogen) atoms. The van der Waals surface area contributed by atoms with Gasteiger partial charge in [-0.3, -0.25) is 0 Å². The lowest BCUT2D eigenvalue weighted by Crippen LogP contribution is -2.34. The molecule has 1 saturated heterocycles. The zero-order valence-electron chi connectivity index (χ0n) is 12.7. The minimum Gasteiger partial charge on any atom is -0.465 e. The van der Waals surface area contributed by atoms with Gasteiger partial charge in [-0.25, -0.2) is 4.79 Å². The third kappa shape index (κ3) is 4.80. The molecule has 0 saturated carbocycles. The summed E-state index contributed by atoms with van der Waals surface area (Å²) >= 11 is 3.52. The van der Waals surface area contributed by atoms with Crippen molar-refractivity contribution in [2.75, 3.05) is 33.8 Å². The van der Waals surface area contributed by atoms with E-state index in [1.807, 2.05) is 18.2 Å². The molecule has 0 aliphatic carbocycles. The van der Waals surface area contributed by atoms with Crippen LogP contribution < -0.4 is 5.32 Å². The third-order valence-corrected chi connectivity index (χ3v) is 4.80. The number of nitrogens with zero attached hydrogens (tertiary/aromatic N) is 1. The number of nitrogens with one attached hydrogen (secondary N) is 1. The number of piperidine rings is 1. The zero-order valence-corrected chi connectivity index (χ0v) is 14.3. The van der Waals surface area contributed by atoms with Gasteiger partial charge < -0.3 is 15.0 Å². The quantitative estimate of drug-likeness (QED) is 0.825. The predicted molar refractivity (Wildman–Crippen MR) is 87.4 cm³/mol. The van der Waals surface area contributed by atoms with Crippen LogP contribution in [0.5, 0.6) is 0 Å². The molecule has 0 spiro atoms. The van der Waals surface area contributed by atoms with Gasteiger partial charge in [-0.05, 0) is 63.1 Å². The maximum Gasteiger partial charge on any atom is 0.337 e. The van der Waals surface area contributed by atoms with Gasteiger partial charge >= 0.3 is 5.97 Å². The van der Waals surface area contributed by atoms with E-state index in [1.54, 1.807) is 0 Å². The third-order valence-electron chi connectivity index (χ3n) is 4.06. The summed E-state index contributed by atoms with van der Waals surface area (Å²) in [6.45, 7) is 4.27. The number of methoxy groups -OCH3 is 1. The molecule has 1 aliphatic heterocycles. The lowest BCUT2D eigenvalue weighted by molar-refractivity contribution is 0.0600. The van der Waals surface area contributed by atoms with Crippen molar-refractivity contribution in [3.05, 3.63) is 33.8 Å². The van der Waals surface area contributed by atoms with E-state index in [0.29, 0.717) is 5.56 Å². The normalized spacial score (nSPS) is 16.9. The largest absolute Gasteiger partial charge is 0.465 e. The first-order chi connectivity index (χ1) is 10.1. The molecule has 4 nitrogen and oxygen atoms in total. The number of carbonyl (C=O) groups excluding carboxylic acids is 1. The van der Waals surface area contributed by atoms with Crippen molar-refractivity contribution in [1.82, 2.24) is 10.2 Å². The van der Waals surface area contributed by atoms with E-state index < -0.39 is 0 Å². The van der Waals surface area contributed by atoms with Gasteiger partial charge in [0.05, 0.1) is 12.7 Å². The summed E-state index contributed by atoms with van der Waals surface area (Å²) in [5.41, 5.74) is 1.74. The van der Waals surface area contributed by atoms with Crippen molar-refractivity contribution in [2.45, 2.75) is 19.4 Å². The highest BCUT2D eigenvalue weighted by molar-refractivity contribution is 9.10. The zero-order chi connectivity index (χ0) is 15.2. The van der Waals surface area contributed by atoms with Crippen LogP contribution in [0.2, 0.25) is 0 Å². The van der Waals surface area contributed by atoms with Gasteiger partial charge in [0.25, 0.3) is 0 Å². The predicted octanol–water partition coefficient (Wildman–Crippen LogP) is 2.67. The van der Waals surface area contributed by atoms with Crippen molar-refractivity contribution in [1.29, 1.82) is 0 Å². The number of rotatable bonds is 5. The fourth-order valence-electron chi connectivity index (χ4n) is 2.61. The Kier molecular flexibility index (Phi) is 6.21. The minimum atomic E-state index is -0.304. The van der Waals surface area contributed by atoms with Crippen molar-refractivity contribution in [2.24, 2.45) is 5.92 Å². The number of halogens is 1. The average Bonchev–Trinajstić information content (AvgIpc) is 2.50. The lowest BCUT2D eigenvalue weighted by Gasteiger charge is -2.29. The van der Waals surface area contributed by atoms with Crippen molar-refractivity contribution in [3.63, 3.8) is 0 Å². The van der Waals surface area contributed by atoms with Gasteiger partial charge in [-0.2, -0.15) is 0 Å². The summed E-state index contributed by atoms with van der Waals surface area (Å²) in [7, 11) is 3.58. The molecule has 1 heterocycles. The van der Waals surface area contributed by atoms with Crippen LogP contribution in [0.15, 0.2) is 22.7 Å². The summed E-state index contributed by atoms with van der Waals surface area (Å²) in [5.74, 6) is 0.468. The molecule has 1 fully saturated rings. The Morgan fingerprint density at radius 3 is 2.76 bits per heavy atom. The van der Waals surface area contributed by atoms with Crippen LogP contribution in [-0.2, 0) is 11.3 Å². The van der Waals surface area contributed by atoms with E-state index in [2.05, 4.69) is 33.2 Å². The second-order valence-corrected chi connectivity index (χ2v) is 6.53. The van der Waals surface area contributed by atoms with E-state index in [-0.39, 0.29) is 5.97 Å². The SMILES string of the molecule is COC(=O)c1ccc(CNCC2CCN(C)CC2)c(Br)c1. The molecule has 0 radical (unpaired) electrons. The summed E-state index contributed by atoms with van der Waals surface area (Å²) in [6, 6.07) is 5.60. The number of likely N-dealkylation sites (tertiary alicyclic amines) is 1. The van der Waals surface area contributed by atoms with Crippen LogP contribution in [0, 0.1) is 5.92 Å². The number of hydrogen-bond acceptors (Lipinski definition) is 4. The highest BCUT2D eigenvalue weighted by Gasteiger charge is 2.16. The molecular weight excluding hydrogens is 332 g/mol. The average molecular weight is 355 g/mol. The molecule has 0 aromatic heterocycles. The molecular formula is C16H23BrN2O2. The molecule has 1 N–H and O–H groups in total. The standard InChI is InChI=1S/C16H23BrN2O2/c1-19-7-5-12(6-8-19)10-18-11-14-4-3-13(9-15(14)17)16(20)21-2/h3-4,9,12,18H,5-8,10-11H2,1-2H3. The van der Waals surface area contributed by atoms with E-state index in [1.165, 1.54) is 33.0 Å². The Bertz CT molecular complexity index is 485. The Hall–Kier alpha value is -0.910. The number of benzene rings is 1. The van der Waals surface area contributed by atoms with Crippen molar-refractivity contribution >= 4 is 21.9 Å². The Balaban J connectivity index is 1.82. The Morgan fingerprint density at radius 2 is 2.14 bits per heavy atom. The topological polar surface area (TPSA) is 41.6 Å². The molecule has 5 heteroatoms. The lowest BCUT2D eigenvalue weighted by atomic mass is 9.97. The summed E-state index contributed by atoms with van der Waals surface area (Å²) in [6.07, 6.45) is 2.54. The fourth-order valence-corrected chi connectivity index (χ4v) is 3.13. The van der Waals surface area contributed by atoms with Crippen LogP contribution in [0.25, 0.3) is 0 Å². The first-order valence-electron chi connectivity index (χ1n) is 7.36. The number of ether oxygens (including phenoxy) is 1.